The van der Waals surface area contributed by atoms with Crippen LogP contribution in [0.1, 0.15) is 18.1 Å². The highest BCUT2D eigenvalue weighted by Gasteiger charge is 2.14. The molecule has 2 rings (SSSR count). The molecule has 0 bridgehead atoms. The Labute approximate surface area is 179 Å². The fraction of sp³-hybridized carbons (Fsp3) is 0.263. The van der Waals surface area contributed by atoms with Gasteiger partial charge in [0.2, 0.25) is 5.91 Å². The molecule has 0 aliphatic carbocycles. The summed E-state index contributed by atoms with van der Waals surface area (Å²) in [6.07, 6.45) is 1.59. The largest absolute Gasteiger partial charge is 0.503 e. The van der Waals surface area contributed by atoms with Crippen molar-refractivity contribution in [3.63, 3.8) is 0 Å². The second-order valence-electron chi connectivity index (χ2n) is 5.53. The molecule has 2 aromatic carbocycles. The Morgan fingerprint density at radius 2 is 1.86 bits per heavy atom. The van der Waals surface area contributed by atoms with E-state index in [0.29, 0.717) is 38.4 Å². The van der Waals surface area contributed by atoms with Gasteiger partial charge in [0.05, 0.1) is 37.9 Å². The average Bonchev–Trinajstić information content (AvgIpc) is 2.69. The highest BCUT2D eigenvalue weighted by molar-refractivity contribution is 9.13. The van der Waals surface area contributed by atoms with E-state index in [4.69, 9.17) is 14.2 Å². The summed E-state index contributed by atoms with van der Waals surface area (Å²) in [5.74, 6) is 1.16. The average molecular weight is 516 g/mol. The number of hydrogen-bond donors (Lipinski definition) is 2. The van der Waals surface area contributed by atoms with Crippen LogP contribution in [0.25, 0.3) is 0 Å². The fourth-order valence-corrected chi connectivity index (χ4v) is 3.19. The Morgan fingerprint density at radius 3 is 2.50 bits per heavy atom. The molecule has 150 valence electrons. The fourth-order valence-electron chi connectivity index (χ4n) is 2.36. The van der Waals surface area contributed by atoms with Crippen LogP contribution in [0.2, 0.25) is 0 Å². The van der Waals surface area contributed by atoms with E-state index >= 15 is 0 Å². The number of methoxy groups -OCH3 is 2. The molecule has 9 heteroatoms. The summed E-state index contributed by atoms with van der Waals surface area (Å²) in [5.41, 5.74) is 3.86. The SMILES string of the molecule is CCOc1cc(/C=N/NC(=O)Cc2ccc(OC)c(OC)c2)c(Br)c(Br)c1O. The number of nitrogens with one attached hydrogen (secondary N) is 1. The lowest BCUT2D eigenvalue weighted by molar-refractivity contribution is -0.120. The number of nitrogens with zero attached hydrogens (tertiary/aromatic N) is 1. The van der Waals surface area contributed by atoms with Crippen molar-refractivity contribution in [2.75, 3.05) is 20.8 Å². The van der Waals surface area contributed by atoms with Crippen LogP contribution in [-0.4, -0.2) is 38.1 Å². The summed E-state index contributed by atoms with van der Waals surface area (Å²) in [6.45, 7) is 2.22. The number of halogens is 2. The van der Waals surface area contributed by atoms with Crippen molar-refractivity contribution in [3.05, 3.63) is 44.3 Å². The lowest BCUT2D eigenvalue weighted by Crippen LogP contribution is -2.19. The summed E-state index contributed by atoms with van der Waals surface area (Å²) in [6, 6.07) is 6.89. The second kappa shape index (κ2) is 10.3. The number of phenols is 1. The molecule has 2 N–H and O–H groups in total. The van der Waals surface area contributed by atoms with Crippen molar-refractivity contribution >= 4 is 44.0 Å². The van der Waals surface area contributed by atoms with E-state index in [1.807, 2.05) is 6.92 Å². The van der Waals surface area contributed by atoms with Crippen LogP contribution in [0.15, 0.2) is 38.3 Å². The van der Waals surface area contributed by atoms with Gasteiger partial charge in [-0.3, -0.25) is 4.79 Å². The Hall–Kier alpha value is -2.26. The first-order chi connectivity index (χ1) is 13.4. The highest BCUT2D eigenvalue weighted by Crippen LogP contribution is 2.41. The van der Waals surface area contributed by atoms with Crippen LogP contribution in [0.4, 0.5) is 0 Å². The quantitative estimate of drug-likeness (QED) is 0.409. The Bertz CT molecular complexity index is 887. The number of hydrazone groups is 1. The molecule has 0 fully saturated rings. The zero-order valence-corrected chi connectivity index (χ0v) is 18.8. The van der Waals surface area contributed by atoms with Crippen molar-refractivity contribution < 1.29 is 24.1 Å². The molecule has 0 aliphatic rings. The first kappa shape index (κ1) is 22.0. The summed E-state index contributed by atoms with van der Waals surface area (Å²) in [4.78, 5) is 12.1. The number of ether oxygens (including phenoxy) is 3. The predicted octanol–water partition coefficient (Wildman–Crippen LogP) is 4.03. The molecular formula is C19H20Br2N2O5. The minimum absolute atomic E-state index is 0.0108. The molecule has 1 amide bonds. The zero-order valence-electron chi connectivity index (χ0n) is 15.6. The van der Waals surface area contributed by atoms with E-state index < -0.39 is 0 Å². The number of amides is 1. The van der Waals surface area contributed by atoms with E-state index in [-0.39, 0.29) is 18.1 Å². The Balaban J connectivity index is 2.07. The van der Waals surface area contributed by atoms with Crippen molar-refractivity contribution in [2.24, 2.45) is 5.10 Å². The van der Waals surface area contributed by atoms with Crippen LogP contribution in [-0.2, 0) is 11.2 Å². The smallest absolute Gasteiger partial charge is 0.244 e. The molecule has 0 aromatic heterocycles. The van der Waals surface area contributed by atoms with Gasteiger partial charge in [0.25, 0.3) is 0 Å². The summed E-state index contributed by atoms with van der Waals surface area (Å²) in [7, 11) is 3.09. The molecule has 0 heterocycles. The van der Waals surface area contributed by atoms with E-state index in [1.165, 1.54) is 13.3 Å². The molecule has 0 spiro atoms. The number of rotatable bonds is 8. The van der Waals surface area contributed by atoms with Crippen LogP contribution in [0.5, 0.6) is 23.0 Å². The minimum atomic E-state index is -0.289. The van der Waals surface area contributed by atoms with Gasteiger partial charge >= 0.3 is 0 Å². The third-order valence-corrected chi connectivity index (χ3v) is 5.84. The van der Waals surface area contributed by atoms with E-state index in [1.54, 1.807) is 31.4 Å². The summed E-state index contributed by atoms with van der Waals surface area (Å²) < 4.78 is 16.8. The zero-order chi connectivity index (χ0) is 20.7. The first-order valence-corrected chi connectivity index (χ1v) is 9.86. The maximum Gasteiger partial charge on any atom is 0.244 e. The number of carbonyl (C=O) groups excluding carboxylic acids is 1. The third-order valence-electron chi connectivity index (χ3n) is 3.68. The Kier molecular flexibility index (Phi) is 8.13. The summed E-state index contributed by atoms with van der Waals surface area (Å²) >= 11 is 6.67. The lowest BCUT2D eigenvalue weighted by atomic mass is 10.1. The highest BCUT2D eigenvalue weighted by atomic mass is 79.9. The van der Waals surface area contributed by atoms with Gasteiger partial charge in [0, 0.05) is 10.0 Å². The molecule has 0 saturated carbocycles. The second-order valence-corrected chi connectivity index (χ2v) is 7.12. The van der Waals surface area contributed by atoms with Gasteiger partial charge in [0.15, 0.2) is 23.0 Å². The molecule has 0 radical (unpaired) electrons. The van der Waals surface area contributed by atoms with Crippen molar-refractivity contribution in [2.45, 2.75) is 13.3 Å². The maximum absolute atomic E-state index is 12.1. The van der Waals surface area contributed by atoms with Crippen LogP contribution in [0.3, 0.4) is 0 Å². The minimum Gasteiger partial charge on any atom is -0.503 e. The van der Waals surface area contributed by atoms with Crippen molar-refractivity contribution in [3.8, 4) is 23.0 Å². The standard InChI is InChI=1S/C19H20Br2N2O5/c1-4-28-15-9-12(17(20)18(21)19(15)25)10-22-23-16(24)8-11-5-6-13(26-2)14(7-11)27-3/h5-7,9-10,25H,4,8H2,1-3H3,(H,23,24)/b22-10+. The van der Waals surface area contributed by atoms with Crippen LogP contribution < -0.4 is 19.6 Å². The van der Waals surface area contributed by atoms with Crippen molar-refractivity contribution in [1.82, 2.24) is 5.43 Å². The van der Waals surface area contributed by atoms with E-state index in [9.17, 15) is 9.90 Å². The maximum atomic E-state index is 12.1. The molecule has 0 unspecified atom stereocenters. The molecule has 28 heavy (non-hydrogen) atoms. The van der Waals surface area contributed by atoms with Gasteiger partial charge in [-0.15, -0.1) is 0 Å². The topological polar surface area (TPSA) is 89.4 Å². The van der Waals surface area contributed by atoms with E-state index in [2.05, 4.69) is 42.4 Å². The van der Waals surface area contributed by atoms with Gasteiger partial charge in [-0.1, -0.05) is 6.07 Å². The third kappa shape index (κ3) is 5.39. The number of benzene rings is 2. The van der Waals surface area contributed by atoms with Gasteiger partial charge in [0.1, 0.15) is 0 Å². The van der Waals surface area contributed by atoms with Gasteiger partial charge in [-0.25, -0.2) is 5.43 Å². The molecule has 7 nitrogen and oxygen atoms in total. The number of carbonyl (C=O) groups is 1. The predicted molar refractivity (Wildman–Crippen MR) is 114 cm³/mol. The molecule has 0 saturated heterocycles. The number of hydrogen-bond acceptors (Lipinski definition) is 6. The van der Waals surface area contributed by atoms with Crippen LogP contribution in [0, 0.1) is 0 Å². The van der Waals surface area contributed by atoms with E-state index in [0.717, 1.165) is 5.56 Å². The summed E-state index contributed by atoms with van der Waals surface area (Å²) in [5, 5.41) is 14.0. The Morgan fingerprint density at radius 1 is 1.14 bits per heavy atom. The van der Waals surface area contributed by atoms with Crippen LogP contribution >= 0.6 is 31.9 Å². The normalized spacial score (nSPS) is 10.8. The molecule has 0 atom stereocenters. The number of aromatic hydroxyl groups is 1. The monoisotopic (exact) mass is 514 g/mol. The first-order valence-electron chi connectivity index (χ1n) is 8.27. The van der Waals surface area contributed by atoms with Gasteiger partial charge < -0.3 is 19.3 Å². The van der Waals surface area contributed by atoms with Gasteiger partial charge in [-0.05, 0) is 62.5 Å². The molecular weight excluding hydrogens is 496 g/mol. The molecule has 2 aromatic rings. The number of phenolic OH excluding ortho intramolecular Hbond substituents is 1. The molecule has 0 aliphatic heterocycles. The van der Waals surface area contributed by atoms with Crippen molar-refractivity contribution in [1.29, 1.82) is 0 Å². The lowest BCUT2D eigenvalue weighted by Gasteiger charge is -2.11. The van der Waals surface area contributed by atoms with Gasteiger partial charge in [-0.2, -0.15) is 5.10 Å².